The van der Waals surface area contributed by atoms with E-state index in [2.05, 4.69) is 38.2 Å². The molecule has 0 aliphatic heterocycles. The van der Waals surface area contributed by atoms with Gasteiger partial charge in [0, 0.05) is 6.04 Å². The topological polar surface area (TPSA) is 26.0 Å². The molecule has 2 heteroatoms. The summed E-state index contributed by atoms with van der Waals surface area (Å²) in [4.78, 5) is 0. The van der Waals surface area contributed by atoms with Gasteiger partial charge in [-0.15, -0.1) is 12.4 Å². The highest BCUT2D eigenvalue weighted by atomic mass is 35.5. The largest absolute Gasteiger partial charge is 0.328 e. The Bertz CT molecular complexity index is 430. The highest BCUT2D eigenvalue weighted by molar-refractivity contribution is 5.85. The van der Waals surface area contributed by atoms with Crippen LogP contribution in [0.4, 0.5) is 0 Å². The van der Waals surface area contributed by atoms with Gasteiger partial charge in [0.25, 0.3) is 0 Å². The van der Waals surface area contributed by atoms with Gasteiger partial charge in [-0.25, -0.2) is 0 Å². The second-order valence-corrected chi connectivity index (χ2v) is 12.2. The predicted molar refractivity (Wildman–Crippen MR) is 183 cm³/mol. The molecule has 234 valence electrons. The highest BCUT2D eigenvalue weighted by Crippen LogP contribution is 2.15. The molecule has 1 nitrogen and oxygen atoms in total. The molecule has 0 fully saturated rings. The zero-order valence-electron chi connectivity index (χ0n) is 27.1. The van der Waals surface area contributed by atoms with Crippen LogP contribution >= 0.6 is 12.4 Å². The van der Waals surface area contributed by atoms with Gasteiger partial charge in [-0.05, 0) is 64.2 Å². The van der Waals surface area contributed by atoms with E-state index < -0.39 is 0 Å². The minimum atomic E-state index is 0. The summed E-state index contributed by atoms with van der Waals surface area (Å²) in [6.07, 6.45) is 50.9. The first-order valence-electron chi connectivity index (χ1n) is 17.9. The number of unbranched alkanes of at least 4 members (excludes halogenated alkanes) is 24. The van der Waals surface area contributed by atoms with Crippen molar-refractivity contribution >= 4 is 12.4 Å². The van der Waals surface area contributed by atoms with E-state index >= 15 is 0 Å². The van der Waals surface area contributed by atoms with Crippen LogP contribution in [-0.4, -0.2) is 6.04 Å². The first kappa shape index (κ1) is 40.9. The standard InChI is InChI=1S/C37H73N.ClH/c1-3-5-7-9-11-13-15-17-19-21-23-25-27-29-31-33-35-37(38)36-34-32-30-28-26-24-22-20-18-16-14-12-10-8-6-4-2;/h17-20,37H,3-16,21-36,38H2,1-2H3;1H. The Hall–Kier alpha value is -0.270. The van der Waals surface area contributed by atoms with E-state index in [-0.39, 0.29) is 12.4 Å². The molecule has 0 unspecified atom stereocenters. The summed E-state index contributed by atoms with van der Waals surface area (Å²) < 4.78 is 0. The van der Waals surface area contributed by atoms with Crippen molar-refractivity contribution in [3.05, 3.63) is 24.3 Å². The molecule has 0 atom stereocenters. The Morgan fingerprint density at radius 1 is 0.359 bits per heavy atom. The van der Waals surface area contributed by atoms with Gasteiger partial charge in [0.2, 0.25) is 0 Å². The molecule has 0 rings (SSSR count). The van der Waals surface area contributed by atoms with Crippen molar-refractivity contribution < 1.29 is 0 Å². The maximum atomic E-state index is 6.38. The summed E-state index contributed by atoms with van der Waals surface area (Å²) in [5, 5.41) is 0. The fourth-order valence-corrected chi connectivity index (χ4v) is 5.45. The molecule has 0 aliphatic carbocycles. The molecule has 0 heterocycles. The molecule has 0 aromatic carbocycles. The minimum absolute atomic E-state index is 0. The lowest BCUT2D eigenvalue weighted by Crippen LogP contribution is -2.19. The van der Waals surface area contributed by atoms with E-state index in [0.717, 1.165) is 0 Å². The van der Waals surface area contributed by atoms with E-state index in [4.69, 9.17) is 5.73 Å². The molecule has 0 radical (unpaired) electrons. The lowest BCUT2D eigenvalue weighted by molar-refractivity contribution is 0.482. The van der Waals surface area contributed by atoms with Crippen LogP contribution in [0.3, 0.4) is 0 Å². The Morgan fingerprint density at radius 2 is 0.590 bits per heavy atom. The summed E-state index contributed by atoms with van der Waals surface area (Å²) in [5.74, 6) is 0. The maximum absolute atomic E-state index is 6.38. The molecule has 0 saturated heterocycles. The van der Waals surface area contributed by atoms with Crippen molar-refractivity contribution in [3.63, 3.8) is 0 Å². The number of rotatable bonds is 32. The average molecular weight is 568 g/mol. The first-order chi connectivity index (χ1) is 18.8. The van der Waals surface area contributed by atoms with Crippen LogP contribution in [0.2, 0.25) is 0 Å². The van der Waals surface area contributed by atoms with Crippen LogP contribution in [0.1, 0.15) is 206 Å². The molecule has 0 aliphatic rings. The lowest BCUT2D eigenvalue weighted by Gasteiger charge is -2.11. The number of hydrogen-bond donors (Lipinski definition) is 1. The summed E-state index contributed by atoms with van der Waals surface area (Å²) in [7, 11) is 0. The van der Waals surface area contributed by atoms with Crippen molar-refractivity contribution in [2.75, 3.05) is 0 Å². The van der Waals surface area contributed by atoms with Crippen LogP contribution in [-0.2, 0) is 0 Å². The van der Waals surface area contributed by atoms with Crippen LogP contribution in [0, 0.1) is 0 Å². The Morgan fingerprint density at radius 3 is 0.872 bits per heavy atom. The molecule has 39 heavy (non-hydrogen) atoms. The Labute approximate surface area is 254 Å². The van der Waals surface area contributed by atoms with Crippen molar-refractivity contribution in [1.29, 1.82) is 0 Å². The SMILES string of the molecule is CCCCCCCCC=CCCCCCCCCC(N)CCCCCCCCC=CCCCCCCCC.Cl. The summed E-state index contributed by atoms with van der Waals surface area (Å²) >= 11 is 0. The second kappa shape index (κ2) is 37.7. The van der Waals surface area contributed by atoms with E-state index in [9.17, 15) is 0 Å². The van der Waals surface area contributed by atoms with Crippen molar-refractivity contribution in [2.45, 2.75) is 213 Å². The monoisotopic (exact) mass is 568 g/mol. The summed E-state index contributed by atoms with van der Waals surface area (Å²) in [6, 6.07) is 0.448. The minimum Gasteiger partial charge on any atom is -0.328 e. The number of allylic oxidation sites excluding steroid dienone is 4. The van der Waals surface area contributed by atoms with Gasteiger partial charge >= 0.3 is 0 Å². The van der Waals surface area contributed by atoms with Crippen LogP contribution in [0.25, 0.3) is 0 Å². The van der Waals surface area contributed by atoms with E-state index in [0.29, 0.717) is 6.04 Å². The molecule has 0 spiro atoms. The Balaban J connectivity index is 0. The first-order valence-corrected chi connectivity index (χ1v) is 17.9. The zero-order chi connectivity index (χ0) is 27.6. The number of halogens is 1. The lowest BCUT2D eigenvalue weighted by atomic mass is 10.0. The molecular formula is C37H74ClN. The molecule has 0 aromatic heterocycles. The molecule has 0 bridgehead atoms. The van der Waals surface area contributed by atoms with Gasteiger partial charge in [0.1, 0.15) is 0 Å². The third-order valence-corrected chi connectivity index (χ3v) is 8.17. The van der Waals surface area contributed by atoms with Gasteiger partial charge in [-0.3, -0.25) is 0 Å². The smallest absolute Gasteiger partial charge is 0.00388 e. The quantitative estimate of drug-likeness (QED) is 0.0634. The van der Waals surface area contributed by atoms with Gasteiger partial charge in [0.05, 0.1) is 0 Å². The van der Waals surface area contributed by atoms with Gasteiger partial charge < -0.3 is 5.73 Å². The molecule has 0 amide bonds. The van der Waals surface area contributed by atoms with E-state index in [1.807, 2.05) is 0 Å². The predicted octanol–water partition coefficient (Wildman–Crippen LogP) is 13.6. The van der Waals surface area contributed by atoms with E-state index in [1.54, 1.807) is 0 Å². The number of hydrogen-bond acceptors (Lipinski definition) is 1. The molecule has 2 N–H and O–H groups in total. The molecule has 0 saturated carbocycles. The molecule has 0 aromatic rings. The maximum Gasteiger partial charge on any atom is 0.00388 e. The zero-order valence-corrected chi connectivity index (χ0v) is 27.9. The second-order valence-electron chi connectivity index (χ2n) is 12.2. The van der Waals surface area contributed by atoms with Crippen molar-refractivity contribution in [1.82, 2.24) is 0 Å². The average Bonchev–Trinajstić information content (AvgIpc) is 2.92. The van der Waals surface area contributed by atoms with Crippen molar-refractivity contribution in [2.24, 2.45) is 5.73 Å². The molecular weight excluding hydrogens is 494 g/mol. The Kier molecular flexibility index (Phi) is 39.5. The van der Waals surface area contributed by atoms with Crippen LogP contribution in [0.5, 0.6) is 0 Å². The highest BCUT2D eigenvalue weighted by Gasteiger charge is 2.02. The summed E-state index contributed by atoms with van der Waals surface area (Å²) in [6.45, 7) is 4.58. The fourth-order valence-electron chi connectivity index (χ4n) is 5.45. The normalized spacial score (nSPS) is 12.5. The van der Waals surface area contributed by atoms with Gasteiger partial charge in [0.15, 0.2) is 0 Å². The van der Waals surface area contributed by atoms with Crippen LogP contribution in [0.15, 0.2) is 24.3 Å². The third-order valence-electron chi connectivity index (χ3n) is 8.17. The fraction of sp³-hybridized carbons (Fsp3) is 0.892. The van der Waals surface area contributed by atoms with Crippen LogP contribution < -0.4 is 5.73 Å². The van der Waals surface area contributed by atoms with Gasteiger partial charge in [-0.2, -0.15) is 0 Å². The van der Waals surface area contributed by atoms with Crippen molar-refractivity contribution in [3.8, 4) is 0 Å². The van der Waals surface area contributed by atoms with E-state index in [1.165, 1.54) is 193 Å². The third kappa shape index (κ3) is 37.7. The van der Waals surface area contributed by atoms with Gasteiger partial charge in [-0.1, -0.05) is 167 Å². The number of nitrogens with two attached hydrogens (primary N) is 1. The summed E-state index contributed by atoms with van der Waals surface area (Å²) in [5.41, 5.74) is 6.38.